The summed E-state index contributed by atoms with van der Waals surface area (Å²) in [5.41, 5.74) is 0. The first-order valence-corrected chi connectivity index (χ1v) is 15.4. The van der Waals surface area contributed by atoms with Gasteiger partial charge < -0.3 is 14.7 Å². The molecular formula is C26H56NO4P. The molecule has 0 spiro atoms. The molecule has 0 bridgehead atoms. The third kappa shape index (κ3) is 26.3. The number of hydrogen-bond acceptors (Lipinski definition) is 3. The summed E-state index contributed by atoms with van der Waals surface area (Å²) >= 11 is 0. The quantitative estimate of drug-likeness (QED) is 0.0969. The number of phosphoric ester groups is 1. The van der Waals surface area contributed by atoms with Gasteiger partial charge in [0, 0.05) is 0 Å². The molecule has 0 radical (unpaired) electrons. The molecule has 0 fully saturated rings. The second kappa shape index (κ2) is 24.2. The van der Waals surface area contributed by atoms with Crippen LogP contribution < -0.4 is 0 Å². The maximum atomic E-state index is 10.7. The maximum absolute atomic E-state index is 10.7. The van der Waals surface area contributed by atoms with Gasteiger partial charge in [0.2, 0.25) is 0 Å². The Morgan fingerprint density at radius 2 is 0.844 bits per heavy atom. The van der Waals surface area contributed by atoms with Crippen molar-refractivity contribution in [3.8, 4) is 0 Å². The Morgan fingerprint density at radius 1 is 0.531 bits per heavy atom. The van der Waals surface area contributed by atoms with E-state index in [1.165, 1.54) is 122 Å². The maximum Gasteiger partial charge on any atom is 0.469 e. The van der Waals surface area contributed by atoms with E-state index in [4.69, 9.17) is 9.79 Å². The number of nitrogens with zero attached hydrogens (tertiary/aromatic N) is 1. The van der Waals surface area contributed by atoms with Gasteiger partial charge in [-0.15, -0.1) is 0 Å². The van der Waals surface area contributed by atoms with Crippen molar-refractivity contribution in [1.82, 2.24) is 4.90 Å². The highest BCUT2D eigenvalue weighted by Gasteiger charge is 2.12. The van der Waals surface area contributed by atoms with Crippen molar-refractivity contribution in [1.29, 1.82) is 0 Å². The Balaban J connectivity index is 3.91. The third-order valence-corrected chi connectivity index (χ3v) is 6.80. The summed E-state index contributed by atoms with van der Waals surface area (Å²) in [7, 11) is -4.30. The molecular weight excluding hydrogens is 421 g/mol. The highest BCUT2D eigenvalue weighted by atomic mass is 31.2. The Labute approximate surface area is 200 Å². The zero-order chi connectivity index (χ0) is 23.8. The van der Waals surface area contributed by atoms with Crippen LogP contribution in [0.5, 0.6) is 0 Å². The summed E-state index contributed by atoms with van der Waals surface area (Å²) in [4.78, 5) is 20.1. The molecule has 0 aliphatic heterocycles. The smallest absolute Gasteiger partial charge is 0.303 e. The molecule has 6 heteroatoms. The topological polar surface area (TPSA) is 70.0 Å². The molecule has 0 aromatic rings. The van der Waals surface area contributed by atoms with Gasteiger partial charge in [0.05, 0.1) is 6.61 Å². The first kappa shape index (κ1) is 32.1. The number of phosphoric acid groups is 1. The van der Waals surface area contributed by atoms with Crippen molar-refractivity contribution in [3.05, 3.63) is 0 Å². The molecule has 0 aliphatic rings. The third-order valence-electron chi connectivity index (χ3n) is 6.28. The van der Waals surface area contributed by atoms with E-state index in [1.807, 2.05) is 0 Å². The Kier molecular flexibility index (Phi) is 24.3. The standard InChI is InChI=1S/C26H56NO4P/c1-3-5-7-9-11-13-15-19-23-27(24-20-16-14-12-10-8-6-4-2)25-21-17-18-22-26-31-32(28,29)30/h3-26H2,1-2H3,(H2,28,29,30). The largest absolute Gasteiger partial charge is 0.469 e. The summed E-state index contributed by atoms with van der Waals surface area (Å²) in [6.07, 6.45) is 25.9. The van der Waals surface area contributed by atoms with Gasteiger partial charge in [-0.05, 0) is 45.3 Å². The van der Waals surface area contributed by atoms with Gasteiger partial charge in [0.15, 0.2) is 0 Å². The van der Waals surface area contributed by atoms with E-state index < -0.39 is 7.82 Å². The number of unbranched alkanes of at least 4 members (excludes halogenated alkanes) is 17. The summed E-state index contributed by atoms with van der Waals surface area (Å²) in [6, 6.07) is 0. The Bertz CT molecular complexity index is 397. The van der Waals surface area contributed by atoms with Crippen molar-refractivity contribution < 1.29 is 18.9 Å². The molecule has 5 nitrogen and oxygen atoms in total. The van der Waals surface area contributed by atoms with Crippen molar-refractivity contribution in [2.24, 2.45) is 0 Å². The van der Waals surface area contributed by atoms with E-state index >= 15 is 0 Å². The van der Waals surface area contributed by atoms with Crippen LogP contribution in [0.1, 0.15) is 142 Å². The average molecular weight is 478 g/mol. The summed E-state index contributed by atoms with van der Waals surface area (Å²) in [6.45, 7) is 8.32. The molecule has 0 aliphatic carbocycles. The first-order chi connectivity index (χ1) is 15.5. The lowest BCUT2D eigenvalue weighted by Gasteiger charge is -2.22. The van der Waals surface area contributed by atoms with Gasteiger partial charge in [-0.1, -0.05) is 117 Å². The second-order valence-corrected chi connectivity index (χ2v) is 10.8. The van der Waals surface area contributed by atoms with E-state index in [9.17, 15) is 4.57 Å². The SMILES string of the molecule is CCCCCCCCCCN(CCCCCCCCCC)CCCCCCOP(=O)(O)O. The van der Waals surface area contributed by atoms with Gasteiger partial charge in [-0.3, -0.25) is 4.52 Å². The summed E-state index contributed by atoms with van der Waals surface area (Å²) in [5, 5.41) is 0. The van der Waals surface area contributed by atoms with Crippen LogP contribution in [0.3, 0.4) is 0 Å². The molecule has 0 heterocycles. The monoisotopic (exact) mass is 477 g/mol. The van der Waals surface area contributed by atoms with E-state index in [0.717, 1.165) is 25.8 Å². The Morgan fingerprint density at radius 3 is 1.19 bits per heavy atom. The van der Waals surface area contributed by atoms with Crippen LogP contribution in [0.2, 0.25) is 0 Å². The van der Waals surface area contributed by atoms with Crippen LogP contribution in [0, 0.1) is 0 Å². The lowest BCUT2D eigenvalue weighted by atomic mass is 10.1. The van der Waals surface area contributed by atoms with Crippen LogP contribution in [0.25, 0.3) is 0 Å². The minimum atomic E-state index is -4.30. The van der Waals surface area contributed by atoms with Crippen molar-refractivity contribution in [3.63, 3.8) is 0 Å². The molecule has 0 aromatic carbocycles. The molecule has 0 saturated heterocycles. The summed E-state index contributed by atoms with van der Waals surface area (Å²) < 4.78 is 15.2. The molecule has 0 unspecified atom stereocenters. The van der Waals surface area contributed by atoms with Crippen LogP contribution >= 0.6 is 7.82 Å². The Hall–Kier alpha value is 0.0700. The fourth-order valence-corrected chi connectivity index (χ4v) is 4.62. The van der Waals surface area contributed by atoms with Crippen molar-refractivity contribution in [2.75, 3.05) is 26.2 Å². The van der Waals surface area contributed by atoms with Gasteiger partial charge >= 0.3 is 7.82 Å². The summed E-state index contributed by atoms with van der Waals surface area (Å²) in [5.74, 6) is 0. The van der Waals surface area contributed by atoms with Gasteiger partial charge in [0.25, 0.3) is 0 Å². The van der Waals surface area contributed by atoms with Crippen molar-refractivity contribution >= 4 is 7.82 Å². The average Bonchev–Trinajstić information content (AvgIpc) is 2.75. The van der Waals surface area contributed by atoms with E-state index in [0.29, 0.717) is 0 Å². The van der Waals surface area contributed by atoms with Crippen LogP contribution in [0.4, 0.5) is 0 Å². The van der Waals surface area contributed by atoms with Crippen molar-refractivity contribution in [2.45, 2.75) is 142 Å². The first-order valence-electron chi connectivity index (χ1n) is 13.9. The van der Waals surface area contributed by atoms with E-state index in [1.54, 1.807) is 0 Å². The minimum absolute atomic E-state index is 0.157. The predicted octanol–water partition coefficient (Wildman–Crippen LogP) is 8.24. The number of rotatable bonds is 26. The van der Waals surface area contributed by atoms with Crippen LogP contribution in [-0.4, -0.2) is 40.9 Å². The molecule has 0 atom stereocenters. The highest BCUT2D eigenvalue weighted by Crippen LogP contribution is 2.35. The molecule has 2 N–H and O–H groups in total. The van der Waals surface area contributed by atoms with Gasteiger partial charge in [-0.2, -0.15) is 0 Å². The zero-order valence-electron chi connectivity index (χ0n) is 21.6. The molecule has 0 saturated carbocycles. The normalized spacial score (nSPS) is 12.2. The minimum Gasteiger partial charge on any atom is -0.303 e. The lowest BCUT2D eigenvalue weighted by Crippen LogP contribution is -2.27. The fourth-order valence-electron chi connectivity index (χ4n) is 4.25. The lowest BCUT2D eigenvalue weighted by molar-refractivity contribution is 0.192. The van der Waals surface area contributed by atoms with Crippen LogP contribution in [-0.2, 0) is 9.09 Å². The molecule has 0 amide bonds. The second-order valence-electron chi connectivity index (χ2n) is 9.53. The van der Waals surface area contributed by atoms with Gasteiger partial charge in [0.1, 0.15) is 0 Å². The van der Waals surface area contributed by atoms with Gasteiger partial charge in [-0.25, -0.2) is 4.57 Å². The highest BCUT2D eigenvalue weighted by molar-refractivity contribution is 7.46. The van der Waals surface area contributed by atoms with E-state index in [-0.39, 0.29) is 6.61 Å². The van der Waals surface area contributed by atoms with E-state index in [2.05, 4.69) is 23.3 Å². The number of hydrogen-bond donors (Lipinski definition) is 2. The predicted molar refractivity (Wildman–Crippen MR) is 138 cm³/mol. The molecule has 194 valence electrons. The fraction of sp³-hybridized carbons (Fsp3) is 1.00. The molecule has 32 heavy (non-hydrogen) atoms. The van der Waals surface area contributed by atoms with Crippen LogP contribution in [0.15, 0.2) is 0 Å². The molecule has 0 rings (SSSR count). The zero-order valence-corrected chi connectivity index (χ0v) is 22.5. The molecule has 0 aromatic heterocycles.